The van der Waals surface area contributed by atoms with Crippen molar-refractivity contribution in [3.8, 4) is 5.75 Å². The molecule has 0 fully saturated rings. The predicted octanol–water partition coefficient (Wildman–Crippen LogP) is 3.52. The normalized spacial score (nSPS) is 12.1. The number of unbranched alkanes of at least 4 members (excludes halogenated alkanes) is 7. The Morgan fingerprint density at radius 1 is 1.04 bits per heavy atom. The number of amides is 1. The lowest BCUT2D eigenvalue weighted by Gasteiger charge is -2.12. The third-order valence-corrected chi connectivity index (χ3v) is 4.06. The summed E-state index contributed by atoms with van der Waals surface area (Å²) in [4.78, 5) is 11.9. The van der Waals surface area contributed by atoms with E-state index in [0.717, 1.165) is 12.0 Å². The van der Waals surface area contributed by atoms with Crippen molar-refractivity contribution in [2.45, 2.75) is 70.8 Å². The van der Waals surface area contributed by atoms with Crippen LogP contribution in [-0.4, -0.2) is 23.6 Å². The predicted molar refractivity (Wildman–Crippen MR) is 95.4 cm³/mol. The third-order valence-electron chi connectivity index (χ3n) is 4.06. The molecular formula is C19H32N2O2. The number of rotatable bonds is 12. The summed E-state index contributed by atoms with van der Waals surface area (Å²) in [5.74, 6) is 0.127. The number of carbonyl (C=O) groups is 1. The van der Waals surface area contributed by atoms with Gasteiger partial charge in [-0.2, -0.15) is 0 Å². The zero-order chi connectivity index (χ0) is 16.9. The topological polar surface area (TPSA) is 75.4 Å². The van der Waals surface area contributed by atoms with Gasteiger partial charge in [0.05, 0.1) is 6.04 Å². The van der Waals surface area contributed by atoms with Crippen LogP contribution in [0, 0.1) is 0 Å². The van der Waals surface area contributed by atoms with Gasteiger partial charge in [0.1, 0.15) is 5.75 Å². The monoisotopic (exact) mass is 320 g/mol. The first-order valence-electron chi connectivity index (χ1n) is 8.94. The van der Waals surface area contributed by atoms with Crippen molar-refractivity contribution in [3.63, 3.8) is 0 Å². The number of phenolic OH excluding ortho intramolecular Hbond substituents is 1. The molecule has 0 radical (unpaired) electrons. The molecule has 4 nitrogen and oxygen atoms in total. The molecule has 0 aromatic heterocycles. The summed E-state index contributed by atoms with van der Waals surface area (Å²) in [6, 6.07) is 6.27. The van der Waals surface area contributed by atoms with E-state index < -0.39 is 6.04 Å². The Morgan fingerprint density at radius 2 is 1.61 bits per heavy atom. The second-order valence-corrected chi connectivity index (χ2v) is 6.24. The van der Waals surface area contributed by atoms with E-state index in [1.807, 2.05) is 0 Å². The van der Waals surface area contributed by atoms with E-state index in [1.54, 1.807) is 24.3 Å². The van der Waals surface area contributed by atoms with E-state index in [-0.39, 0.29) is 11.7 Å². The number of carbonyl (C=O) groups excluding carboxylic acids is 1. The molecule has 130 valence electrons. The summed E-state index contributed by atoms with van der Waals surface area (Å²) >= 11 is 0. The summed E-state index contributed by atoms with van der Waals surface area (Å²) in [6.45, 7) is 2.94. The molecule has 0 spiro atoms. The summed E-state index contributed by atoms with van der Waals surface area (Å²) in [6.07, 6.45) is 10.5. The number of hydrogen-bond acceptors (Lipinski definition) is 3. The first kappa shape index (κ1) is 19.5. The Bertz CT molecular complexity index is 432. The maximum Gasteiger partial charge on any atom is 0.237 e. The van der Waals surface area contributed by atoms with Gasteiger partial charge in [0.2, 0.25) is 5.91 Å². The molecule has 0 heterocycles. The molecule has 0 aliphatic carbocycles. The summed E-state index contributed by atoms with van der Waals surface area (Å²) in [5.41, 5.74) is 6.88. The lowest BCUT2D eigenvalue weighted by atomic mass is 10.1. The van der Waals surface area contributed by atoms with Crippen LogP contribution in [0.4, 0.5) is 0 Å². The summed E-state index contributed by atoms with van der Waals surface area (Å²) in [5, 5.41) is 12.1. The van der Waals surface area contributed by atoms with Crippen LogP contribution in [-0.2, 0) is 11.2 Å². The summed E-state index contributed by atoms with van der Waals surface area (Å²) < 4.78 is 0. The molecule has 0 saturated carbocycles. The third kappa shape index (κ3) is 9.24. The van der Waals surface area contributed by atoms with E-state index in [9.17, 15) is 9.90 Å². The highest BCUT2D eigenvalue weighted by atomic mass is 16.3. The van der Waals surface area contributed by atoms with Gasteiger partial charge in [0.15, 0.2) is 0 Å². The van der Waals surface area contributed by atoms with Crippen molar-refractivity contribution in [2.75, 3.05) is 6.54 Å². The van der Waals surface area contributed by atoms with Gasteiger partial charge in [0, 0.05) is 6.54 Å². The maximum atomic E-state index is 11.9. The number of benzene rings is 1. The van der Waals surface area contributed by atoms with Crippen molar-refractivity contribution >= 4 is 5.91 Å². The highest BCUT2D eigenvalue weighted by molar-refractivity contribution is 5.81. The fourth-order valence-corrected chi connectivity index (χ4v) is 2.58. The van der Waals surface area contributed by atoms with Gasteiger partial charge in [-0.15, -0.1) is 0 Å². The Hall–Kier alpha value is -1.55. The highest BCUT2D eigenvalue weighted by Crippen LogP contribution is 2.11. The molecule has 0 saturated heterocycles. The van der Waals surface area contributed by atoms with Gasteiger partial charge in [0.25, 0.3) is 0 Å². The van der Waals surface area contributed by atoms with Crippen LogP contribution in [0.5, 0.6) is 5.75 Å². The van der Waals surface area contributed by atoms with Gasteiger partial charge < -0.3 is 16.2 Å². The molecule has 23 heavy (non-hydrogen) atoms. The lowest BCUT2D eigenvalue weighted by molar-refractivity contribution is -0.122. The molecule has 4 N–H and O–H groups in total. The van der Waals surface area contributed by atoms with E-state index in [2.05, 4.69) is 12.2 Å². The Labute approximate surface area is 140 Å². The van der Waals surface area contributed by atoms with Gasteiger partial charge in [-0.3, -0.25) is 4.79 Å². The number of aromatic hydroxyl groups is 1. The molecule has 0 aliphatic rings. The van der Waals surface area contributed by atoms with Crippen LogP contribution in [0.3, 0.4) is 0 Å². The average Bonchev–Trinajstić information content (AvgIpc) is 2.55. The van der Waals surface area contributed by atoms with Gasteiger partial charge >= 0.3 is 0 Å². The number of phenols is 1. The fourth-order valence-electron chi connectivity index (χ4n) is 2.58. The van der Waals surface area contributed by atoms with Crippen LogP contribution in [0.25, 0.3) is 0 Å². The molecule has 1 atom stereocenters. The van der Waals surface area contributed by atoms with Crippen molar-refractivity contribution in [1.29, 1.82) is 0 Å². The standard InChI is InChI=1S/C19H32N2O2/c1-2-3-4-5-6-7-8-9-14-21-19(23)18(20)15-16-10-12-17(22)13-11-16/h10-13,18,22H,2-9,14-15,20H2,1H3,(H,21,23)/t18-/m0/s1. The van der Waals surface area contributed by atoms with Crippen molar-refractivity contribution in [3.05, 3.63) is 29.8 Å². The molecule has 1 aromatic rings. The quantitative estimate of drug-likeness (QED) is 0.516. The van der Waals surface area contributed by atoms with Crippen molar-refractivity contribution < 1.29 is 9.90 Å². The minimum Gasteiger partial charge on any atom is -0.508 e. The second-order valence-electron chi connectivity index (χ2n) is 6.24. The Balaban J connectivity index is 2.05. The maximum absolute atomic E-state index is 11.9. The minimum atomic E-state index is -0.534. The summed E-state index contributed by atoms with van der Waals surface area (Å²) in [7, 11) is 0. The lowest BCUT2D eigenvalue weighted by Crippen LogP contribution is -2.42. The molecule has 1 amide bonds. The first-order valence-corrected chi connectivity index (χ1v) is 8.94. The SMILES string of the molecule is CCCCCCCCCCNC(=O)[C@@H](N)Cc1ccc(O)cc1. The molecule has 0 unspecified atom stereocenters. The molecular weight excluding hydrogens is 288 g/mol. The first-order chi connectivity index (χ1) is 11.1. The van der Waals surface area contributed by atoms with Gasteiger partial charge in [-0.25, -0.2) is 0 Å². The van der Waals surface area contributed by atoms with Crippen LogP contribution < -0.4 is 11.1 Å². The minimum absolute atomic E-state index is 0.0963. The van der Waals surface area contributed by atoms with Gasteiger partial charge in [-0.05, 0) is 30.5 Å². The number of hydrogen-bond donors (Lipinski definition) is 3. The molecule has 0 bridgehead atoms. The smallest absolute Gasteiger partial charge is 0.237 e. The fraction of sp³-hybridized carbons (Fsp3) is 0.632. The van der Waals surface area contributed by atoms with Crippen LogP contribution in [0.2, 0.25) is 0 Å². The van der Waals surface area contributed by atoms with Gasteiger partial charge in [-0.1, -0.05) is 64.0 Å². The van der Waals surface area contributed by atoms with Crippen LogP contribution in [0.1, 0.15) is 63.9 Å². The zero-order valence-electron chi connectivity index (χ0n) is 14.4. The largest absolute Gasteiger partial charge is 0.508 e. The Kier molecular flexibility index (Phi) is 10.1. The van der Waals surface area contributed by atoms with Crippen molar-refractivity contribution in [2.24, 2.45) is 5.73 Å². The van der Waals surface area contributed by atoms with E-state index >= 15 is 0 Å². The van der Waals surface area contributed by atoms with Crippen LogP contribution >= 0.6 is 0 Å². The number of nitrogens with two attached hydrogens (primary N) is 1. The second kappa shape index (κ2) is 11.9. The van der Waals surface area contributed by atoms with E-state index in [0.29, 0.717) is 13.0 Å². The van der Waals surface area contributed by atoms with Crippen LogP contribution in [0.15, 0.2) is 24.3 Å². The van der Waals surface area contributed by atoms with E-state index in [1.165, 1.54) is 44.9 Å². The molecule has 1 aromatic carbocycles. The number of nitrogens with one attached hydrogen (secondary N) is 1. The Morgan fingerprint density at radius 3 is 2.22 bits per heavy atom. The molecule has 0 aliphatic heterocycles. The highest BCUT2D eigenvalue weighted by Gasteiger charge is 2.13. The molecule has 1 rings (SSSR count). The average molecular weight is 320 g/mol. The zero-order valence-corrected chi connectivity index (χ0v) is 14.4. The van der Waals surface area contributed by atoms with E-state index in [4.69, 9.17) is 5.73 Å². The molecule has 4 heteroatoms. The van der Waals surface area contributed by atoms with Crippen molar-refractivity contribution in [1.82, 2.24) is 5.32 Å².